The van der Waals surface area contributed by atoms with Crippen molar-refractivity contribution < 1.29 is 19.4 Å². The molecule has 3 rings (SSSR count). The van der Waals surface area contributed by atoms with Crippen molar-refractivity contribution in [3.63, 3.8) is 0 Å². The number of benzene rings is 2. The van der Waals surface area contributed by atoms with Crippen LogP contribution < -0.4 is 9.47 Å². The Hall–Kier alpha value is -3.15. The third-order valence-corrected chi connectivity index (χ3v) is 5.09. The third-order valence-electron chi connectivity index (χ3n) is 5.09. The van der Waals surface area contributed by atoms with Crippen molar-refractivity contribution in [3.05, 3.63) is 71.7 Å². The number of hydrogen-bond donors (Lipinski definition) is 1. The van der Waals surface area contributed by atoms with E-state index < -0.39 is 6.04 Å². The molecule has 1 N–H and O–H groups in total. The van der Waals surface area contributed by atoms with Gasteiger partial charge in [-0.05, 0) is 41.3 Å². The molecule has 0 aliphatic carbocycles. The summed E-state index contributed by atoms with van der Waals surface area (Å²) >= 11 is 0. The number of aliphatic hydroxyl groups is 1. The zero-order valence-corrected chi connectivity index (χ0v) is 17.3. The quantitative estimate of drug-likeness (QED) is 0.768. The van der Waals surface area contributed by atoms with Crippen LogP contribution >= 0.6 is 0 Å². The number of nitrogens with zero attached hydrogens (tertiary/aromatic N) is 2. The molecule has 0 unspecified atom stereocenters. The number of methoxy groups -OCH3 is 2. The van der Waals surface area contributed by atoms with Crippen LogP contribution in [0.5, 0.6) is 11.5 Å². The van der Waals surface area contributed by atoms with Gasteiger partial charge in [-0.25, -0.2) is 0 Å². The van der Waals surface area contributed by atoms with Crippen LogP contribution in [0, 0.1) is 5.92 Å². The third kappa shape index (κ3) is 4.65. The minimum atomic E-state index is -0.444. The van der Waals surface area contributed by atoms with Gasteiger partial charge >= 0.3 is 0 Å². The molecule has 1 amide bonds. The average molecular weight is 396 g/mol. The maximum atomic E-state index is 13.2. The Morgan fingerprint density at radius 1 is 0.897 bits per heavy atom. The number of carbonyl (C=O) groups excluding carboxylic acids is 1. The Bertz CT molecular complexity index is 859. The topological polar surface area (TPSA) is 62.2 Å². The summed E-state index contributed by atoms with van der Waals surface area (Å²) in [5, 5.41) is 10.7. The van der Waals surface area contributed by atoms with Gasteiger partial charge in [-0.3, -0.25) is 4.79 Å². The minimum absolute atomic E-state index is 0.0258. The first-order chi connectivity index (χ1) is 13.9. The van der Waals surface area contributed by atoms with Crippen molar-refractivity contribution in [2.45, 2.75) is 33.0 Å². The van der Waals surface area contributed by atoms with Gasteiger partial charge in [0, 0.05) is 6.54 Å². The fraction of sp³-hybridized carbons (Fsp3) is 0.348. The number of amides is 1. The van der Waals surface area contributed by atoms with Crippen LogP contribution in [0.15, 0.2) is 60.6 Å². The highest BCUT2D eigenvalue weighted by Gasteiger charge is 2.37. The standard InChI is InChI=1S/C23H28N2O4/c1-16(2)22-23(27)24(13-17-5-9-19(28-3)10-6-17)15-21(26)25(22)14-18-7-11-20(29-4)12-8-18/h5-12,15-16,22,26H,13-14H2,1-4H3/t22-/m0/s1. The molecule has 0 radical (unpaired) electrons. The number of carbonyl (C=O) groups is 1. The maximum absolute atomic E-state index is 13.2. The molecule has 6 nitrogen and oxygen atoms in total. The Labute approximate surface area is 172 Å². The number of aliphatic hydroxyl groups excluding tert-OH is 1. The first-order valence-corrected chi connectivity index (χ1v) is 9.66. The summed E-state index contributed by atoms with van der Waals surface area (Å²) in [5.41, 5.74) is 1.96. The van der Waals surface area contributed by atoms with Crippen molar-refractivity contribution >= 4 is 5.91 Å². The van der Waals surface area contributed by atoms with Crippen molar-refractivity contribution in [2.75, 3.05) is 14.2 Å². The summed E-state index contributed by atoms with van der Waals surface area (Å²) in [4.78, 5) is 16.6. The van der Waals surface area contributed by atoms with Gasteiger partial charge in [-0.1, -0.05) is 38.1 Å². The van der Waals surface area contributed by atoms with Gasteiger partial charge in [-0.2, -0.15) is 0 Å². The van der Waals surface area contributed by atoms with Gasteiger partial charge < -0.3 is 24.4 Å². The van der Waals surface area contributed by atoms with Gasteiger partial charge in [0.15, 0.2) is 0 Å². The fourth-order valence-electron chi connectivity index (χ4n) is 3.53. The molecule has 1 aliphatic heterocycles. The van der Waals surface area contributed by atoms with E-state index in [9.17, 15) is 9.90 Å². The zero-order chi connectivity index (χ0) is 21.0. The van der Waals surface area contributed by atoms with Crippen molar-refractivity contribution in [1.82, 2.24) is 9.80 Å². The Kier molecular flexibility index (Phi) is 6.32. The van der Waals surface area contributed by atoms with E-state index in [2.05, 4.69) is 0 Å². The van der Waals surface area contributed by atoms with Gasteiger partial charge in [0.2, 0.25) is 11.8 Å². The van der Waals surface area contributed by atoms with E-state index in [0.29, 0.717) is 13.1 Å². The Morgan fingerprint density at radius 2 is 1.38 bits per heavy atom. The SMILES string of the molecule is COc1ccc(CN2C=C(O)N(Cc3ccc(OC)cc3)[C@@H](C(C)C)C2=O)cc1. The highest BCUT2D eigenvalue weighted by molar-refractivity contribution is 5.84. The van der Waals surface area contributed by atoms with Crippen LogP contribution in [-0.2, 0) is 17.9 Å². The average Bonchev–Trinajstić information content (AvgIpc) is 2.72. The van der Waals surface area contributed by atoms with Crippen LogP contribution in [0.1, 0.15) is 25.0 Å². The van der Waals surface area contributed by atoms with Crippen molar-refractivity contribution in [2.24, 2.45) is 5.92 Å². The second kappa shape index (κ2) is 8.90. The molecule has 0 spiro atoms. The summed E-state index contributed by atoms with van der Waals surface area (Å²) in [7, 11) is 3.24. The first kappa shape index (κ1) is 20.6. The lowest BCUT2D eigenvalue weighted by atomic mass is 9.98. The van der Waals surface area contributed by atoms with Crippen LogP contribution in [0.3, 0.4) is 0 Å². The van der Waals surface area contributed by atoms with Crippen LogP contribution in [0.25, 0.3) is 0 Å². The molecular formula is C23H28N2O4. The van der Waals surface area contributed by atoms with Gasteiger partial charge in [0.25, 0.3) is 0 Å². The minimum Gasteiger partial charge on any atom is -0.497 e. The summed E-state index contributed by atoms with van der Waals surface area (Å²) in [5.74, 6) is 1.64. The molecule has 6 heteroatoms. The molecule has 0 bridgehead atoms. The molecule has 154 valence electrons. The monoisotopic (exact) mass is 396 g/mol. The van der Waals surface area contributed by atoms with E-state index in [0.717, 1.165) is 22.6 Å². The summed E-state index contributed by atoms with van der Waals surface area (Å²) in [6.07, 6.45) is 1.52. The van der Waals surface area contributed by atoms with E-state index in [1.807, 2.05) is 62.4 Å². The van der Waals surface area contributed by atoms with Gasteiger partial charge in [0.1, 0.15) is 17.5 Å². The first-order valence-electron chi connectivity index (χ1n) is 9.66. The van der Waals surface area contributed by atoms with E-state index in [1.54, 1.807) is 24.0 Å². The molecule has 2 aromatic rings. The van der Waals surface area contributed by atoms with E-state index >= 15 is 0 Å². The smallest absolute Gasteiger partial charge is 0.250 e. The molecule has 1 atom stereocenters. The molecule has 2 aromatic carbocycles. The Morgan fingerprint density at radius 3 is 1.83 bits per heavy atom. The second-order valence-electron chi connectivity index (χ2n) is 7.47. The highest BCUT2D eigenvalue weighted by Crippen LogP contribution is 2.27. The molecule has 1 aliphatic rings. The lowest BCUT2D eigenvalue weighted by molar-refractivity contribution is -0.139. The van der Waals surface area contributed by atoms with Crippen LogP contribution in [-0.4, -0.2) is 41.1 Å². The second-order valence-corrected chi connectivity index (χ2v) is 7.47. The van der Waals surface area contributed by atoms with E-state index in [4.69, 9.17) is 9.47 Å². The maximum Gasteiger partial charge on any atom is 0.250 e. The molecule has 0 saturated carbocycles. The zero-order valence-electron chi connectivity index (χ0n) is 17.3. The number of ether oxygens (including phenoxy) is 2. The van der Waals surface area contributed by atoms with Crippen molar-refractivity contribution in [1.29, 1.82) is 0 Å². The van der Waals surface area contributed by atoms with E-state index in [-0.39, 0.29) is 17.7 Å². The highest BCUT2D eigenvalue weighted by atomic mass is 16.5. The summed E-state index contributed by atoms with van der Waals surface area (Å²) < 4.78 is 10.4. The van der Waals surface area contributed by atoms with Gasteiger partial charge in [0.05, 0.1) is 27.0 Å². The van der Waals surface area contributed by atoms with Crippen molar-refractivity contribution in [3.8, 4) is 11.5 Å². The molecule has 0 aromatic heterocycles. The Balaban J connectivity index is 1.82. The van der Waals surface area contributed by atoms with E-state index in [1.165, 1.54) is 6.20 Å². The number of rotatable bonds is 7. The van der Waals surface area contributed by atoms with Gasteiger partial charge in [-0.15, -0.1) is 0 Å². The predicted octanol–water partition coefficient (Wildman–Crippen LogP) is 3.93. The molecule has 0 fully saturated rings. The summed E-state index contributed by atoms with van der Waals surface area (Å²) in [6.45, 7) is 4.82. The molecule has 1 heterocycles. The van der Waals surface area contributed by atoms with Crippen LogP contribution in [0.4, 0.5) is 0 Å². The molecule has 0 saturated heterocycles. The lowest BCUT2D eigenvalue weighted by Crippen LogP contribution is -2.52. The number of hydrogen-bond acceptors (Lipinski definition) is 5. The normalized spacial score (nSPS) is 16.8. The molecule has 29 heavy (non-hydrogen) atoms. The molecular weight excluding hydrogens is 368 g/mol. The fourth-order valence-corrected chi connectivity index (χ4v) is 3.53. The largest absolute Gasteiger partial charge is 0.497 e. The van der Waals surface area contributed by atoms with Crippen LogP contribution in [0.2, 0.25) is 0 Å². The summed E-state index contributed by atoms with van der Waals surface area (Å²) in [6, 6.07) is 14.8. The predicted molar refractivity (Wildman–Crippen MR) is 111 cm³/mol. The lowest BCUT2D eigenvalue weighted by Gasteiger charge is -2.40.